The Morgan fingerprint density at radius 3 is 1.59 bits per heavy atom. The highest BCUT2D eigenvalue weighted by molar-refractivity contribution is 5.98. The summed E-state index contributed by atoms with van der Waals surface area (Å²) in [6.45, 7) is 14.9. The van der Waals surface area contributed by atoms with E-state index in [0.717, 1.165) is 113 Å². The third-order valence-corrected chi connectivity index (χ3v) is 11.1. The summed E-state index contributed by atoms with van der Waals surface area (Å²) in [5.41, 5.74) is 5.95. The molecule has 0 bridgehead atoms. The second-order valence-electron chi connectivity index (χ2n) is 16.6. The largest absolute Gasteiger partial charge is 0.456 e. The lowest BCUT2D eigenvalue weighted by Gasteiger charge is -2.35. The Balaban J connectivity index is 0.000000156. The van der Waals surface area contributed by atoms with E-state index in [0.29, 0.717) is 13.1 Å². The van der Waals surface area contributed by atoms with Crippen molar-refractivity contribution in [1.82, 2.24) is 30.0 Å². The highest BCUT2D eigenvalue weighted by Gasteiger charge is 2.26. The van der Waals surface area contributed by atoms with Gasteiger partial charge < -0.3 is 23.8 Å². The van der Waals surface area contributed by atoms with Crippen molar-refractivity contribution in [3.05, 3.63) is 133 Å². The van der Waals surface area contributed by atoms with Crippen molar-refractivity contribution in [2.24, 2.45) is 0 Å². The molecular formula is C49H50N6O4. The van der Waals surface area contributed by atoms with Gasteiger partial charge in [-0.15, -0.1) is 0 Å². The maximum Gasteiger partial charge on any atom is 0.410 e. The van der Waals surface area contributed by atoms with E-state index < -0.39 is 5.60 Å². The Labute approximate surface area is 344 Å². The van der Waals surface area contributed by atoms with Gasteiger partial charge in [0.2, 0.25) is 0 Å². The Morgan fingerprint density at radius 1 is 0.610 bits per heavy atom. The molecule has 10 rings (SSSR count). The Bertz CT molecular complexity index is 2670. The molecule has 2 fully saturated rings. The molecule has 10 nitrogen and oxygen atoms in total. The standard InChI is InChI=1S/C27H29N3O3.C22H21N3O/c1-27(2,3)33-26(31)30-12-10-29(11-13-30)18-19-8-9-21-16-28-17-23(22(21)14-19)25-15-20-6-4-5-7-24(20)32-25;1-2-4-21-17(3-1)12-22(26-21)20-14-24-13-18-6-5-16(11-19(18)20)15-25-9-7-23-8-10-25/h4-9,14-17H,10-13,18H2,1-3H3;1-6,11-14,23H,7-10,15H2. The molecule has 0 unspecified atom stereocenters. The number of nitrogens with one attached hydrogen (secondary N) is 1. The van der Waals surface area contributed by atoms with Crippen LogP contribution in [0, 0.1) is 0 Å². The molecular weight excluding hydrogens is 737 g/mol. The second-order valence-corrected chi connectivity index (χ2v) is 16.6. The number of fused-ring (bicyclic) bond motifs is 4. The summed E-state index contributed by atoms with van der Waals surface area (Å²) >= 11 is 0. The molecule has 10 heteroatoms. The van der Waals surface area contributed by atoms with Crippen LogP contribution in [-0.4, -0.2) is 88.7 Å². The highest BCUT2D eigenvalue weighted by atomic mass is 16.6. The van der Waals surface area contributed by atoms with Crippen LogP contribution in [0.3, 0.4) is 0 Å². The van der Waals surface area contributed by atoms with Gasteiger partial charge in [0, 0.05) is 123 Å². The number of aromatic nitrogens is 2. The van der Waals surface area contributed by atoms with Gasteiger partial charge in [0.1, 0.15) is 28.3 Å². The van der Waals surface area contributed by atoms with Crippen molar-refractivity contribution in [1.29, 1.82) is 0 Å². The molecule has 4 aromatic heterocycles. The van der Waals surface area contributed by atoms with Gasteiger partial charge in [0.15, 0.2) is 0 Å². The van der Waals surface area contributed by atoms with E-state index >= 15 is 0 Å². The molecule has 0 atom stereocenters. The summed E-state index contributed by atoms with van der Waals surface area (Å²) in [6.07, 6.45) is 7.38. The van der Waals surface area contributed by atoms with Crippen molar-refractivity contribution >= 4 is 49.6 Å². The molecule has 6 heterocycles. The van der Waals surface area contributed by atoms with Crippen molar-refractivity contribution in [2.75, 3.05) is 52.4 Å². The summed E-state index contributed by atoms with van der Waals surface area (Å²) in [4.78, 5) is 27.9. The number of amides is 1. The number of nitrogens with zero attached hydrogens (tertiary/aromatic N) is 5. The van der Waals surface area contributed by atoms with Crippen LogP contribution < -0.4 is 5.32 Å². The van der Waals surface area contributed by atoms with Crippen LogP contribution in [0.2, 0.25) is 0 Å². The quantitative estimate of drug-likeness (QED) is 0.177. The summed E-state index contributed by atoms with van der Waals surface area (Å²) in [7, 11) is 0. The maximum absolute atomic E-state index is 12.3. The predicted octanol–water partition coefficient (Wildman–Crippen LogP) is 9.75. The molecule has 0 spiro atoms. The fourth-order valence-corrected chi connectivity index (χ4v) is 8.04. The Kier molecular flexibility index (Phi) is 10.9. The van der Waals surface area contributed by atoms with Gasteiger partial charge in [-0.3, -0.25) is 19.8 Å². The Hall–Kier alpha value is -6.07. The van der Waals surface area contributed by atoms with Crippen molar-refractivity contribution < 1.29 is 18.4 Å². The summed E-state index contributed by atoms with van der Waals surface area (Å²) < 4.78 is 17.7. The zero-order valence-electron chi connectivity index (χ0n) is 34.0. The molecule has 0 aliphatic carbocycles. The zero-order valence-corrected chi connectivity index (χ0v) is 34.0. The van der Waals surface area contributed by atoms with Gasteiger partial charge in [-0.25, -0.2) is 4.79 Å². The number of para-hydroxylation sites is 2. The van der Waals surface area contributed by atoms with Gasteiger partial charge in [0.25, 0.3) is 0 Å². The van der Waals surface area contributed by atoms with Crippen LogP contribution >= 0.6 is 0 Å². The first-order valence-electron chi connectivity index (χ1n) is 20.6. The average Bonchev–Trinajstić information content (AvgIpc) is 3.89. The topological polar surface area (TPSA) is 100 Å². The third-order valence-electron chi connectivity index (χ3n) is 11.1. The van der Waals surface area contributed by atoms with Crippen molar-refractivity contribution in [2.45, 2.75) is 39.5 Å². The number of benzene rings is 4. The number of piperazine rings is 2. The number of pyridine rings is 2. The molecule has 59 heavy (non-hydrogen) atoms. The van der Waals surface area contributed by atoms with E-state index in [2.05, 4.69) is 85.7 Å². The number of rotatable bonds is 6. The number of furan rings is 2. The predicted molar refractivity (Wildman–Crippen MR) is 235 cm³/mol. The average molecular weight is 787 g/mol. The van der Waals surface area contributed by atoms with Gasteiger partial charge in [-0.1, -0.05) is 60.7 Å². The first kappa shape index (κ1) is 38.4. The Morgan fingerprint density at radius 2 is 1.10 bits per heavy atom. The minimum atomic E-state index is -0.467. The summed E-state index contributed by atoms with van der Waals surface area (Å²) in [5, 5.41) is 10.2. The van der Waals surface area contributed by atoms with Crippen LogP contribution in [0.15, 0.2) is 131 Å². The first-order valence-corrected chi connectivity index (χ1v) is 20.6. The number of carbonyl (C=O) groups excluding carboxylic acids is 1. The fraction of sp³-hybridized carbons (Fsp3) is 0.286. The number of hydrogen-bond acceptors (Lipinski definition) is 9. The van der Waals surface area contributed by atoms with E-state index in [1.54, 1.807) is 4.90 Å². The van der Waals surface area contributed by atoms with Crippen LogP contribution in [0.1, 0.15) is 31.9 Å². The van der Waals surface area contributed by atoms with Gasteiger partial charge in [-0.05, 0) is 79.1 Å². The lowest BCUT2D eigenvalue weighted by Crippen LogP contribution is -2.49. The van der Waals surface area contributed by atoms with Gasteiger partial charge >= 0.3 is 6.09 Å². The molecule has 0 radical (unpaired) electrons. The molecule has 2 aliphatic heterocycles. The number of carbonyl (C=O) groups is 1. The summed E-state index contributed by atoms with van der Waals surface area (Å²) in [5.74, 6) is 1.71. The van der Waals surface area contributed by atoms with E-state index in [-0.39, 0.29) is 6.09 Å². The molecule has 1 amide bonds. The second kappa shape index (κ2) is 16.7. The van der Waals surface area contributed by atoms with Crippen LogP contribution in [0.4, 0.5) is 4.79 Å². The van der Waals surface area contributed by atoms with Crippen molar-refractivity contribution in [3.63, 3.8) is 0 Å². The van der Waals surface area contributed by atoms with E-state index in [1.165, 1.54) is 16.5 Å². The molecule has 4 aromatic carbocycles. The lowest BCUT2D eigenvalue weighted by molar-refractivity contribution is 0.0139. The first-order chi connectivity index (χ1) is 28.7. The van der Waals surface area contributed by atoms with Crippen LogP contribution in [-0.2, 0) is 17.8 Å². The fourth-order valence-electron chi connectivity index (χ4n) is 8.04. The lowest BCUT2D eigenvalue weighted by atomic mass is 10.0. The molecule has 2 saturated heterocycles. The minimum Gasteiger partial charge on any atom is -0.456 e. The third kappa shape index (κ3) is 8.85. The molecule has 1 N–H and O–H groups in total. The van der Waals surface area contributed by atoms with E-state index in [4.69, 9.17) is 13.6 Å². The molecule has 8 aromatic rings. The number of ether oxygens (including phenoxy) is 1. The molecule has 300 valence electrons. The molecule has 0 saturated carbocycles. The van der Waals surface area contributed by atoms with Crippen molar-refractivity contribution in [3.8, 4) is 22.6 Å². The highest BCUT2D eigenvalue weighted by Crippen LogP contribution is 2.34. The van der Waals surface area contributed by atoms with Crippen LogP contribution in [0.5, 0.6) is 0 Å². The van der Waals surface area contributed by atoms with Gasteiger partial charge in [0.05, 0.1) is 0 Å². The van der Waals surface area contributed by atoms with E-state index in [9.17, 15) is 4.79 Å². The number of hydrogen-bond donors (Lipinski definition) is 1. The van der Waals surface area contributed by atoms with Gasteiger partial charge in [-0.2, -0.15) is 0 Å². The SMILES string of the molecule is CC(C)(C)OC(=O)N1CCN(Cc2ccc3cncc(-c4cc5ccccc5o4)c3c2)CC1.c1ccc2oc(-c3cncc4ccc(CN5CCNCC5)cc34)cc2c1. The molecule has 2 aliphatic rings. The van der Waals surface area contributed by atoms with Crippen LogP contribution in [0.25, 0.3) is 66.1 Å². The smallest absolute Gasteiger partial charge is 0.410 e. The normalized spacial score (nSPS) is 15.5. The monoisotopic (exact) mass is 786 g/mol. The maximum atomic E-state index is 12.3. The summed E-state index contributed by atoms with van der Waals surface area (Å²) in [6, 6.07) is 33.6. The minimum absolute atomic E-state index is 0.226. The zero-order chi connectivity index (χ0) is 40.3. The van der Waals surface area contributed by atoms with E-state index in [1.807, 2.05) is 82.0 Å².